The molecule has 0 atom stereocenters. The van der Waals surface area contributed by atoms with Crippen molar-refractivity contribution in [2.45, 2.75) is 51.5 Å². The van der Waals surface area contributed by atoms with Crippen LogP contribution in [-0.4, -0.2) is 60.2 Å². The molecule has 1 aromatic carbocycles. The van der Waals surface area contributed by atoms with Crippen molar-refractivity contribution in [1.29, 1.82) is 0 Å². The van der Waals surface area contributed by atoms with Crippen LogP contribution in [0.15, 0.2) is 24.4 Å². The van der Waals surface area contributed by atoms with Gasteiger partial charge in [0.15, 0.2) is 5.82 Å². The average Bonchev–Trinajstić information content (AvgIpc) is 3.56. The summed E-state index contributed by atoms with van der Waals surface area (Å²) in [6.07, 6.45) is 8.40. The molecule has 0 bridgehead atoms. The van der Waals surface area contributed by atoms with Crippen LogP contribution in [0.4, 0.5) is 27.9 Å². The van der Waals surface area contributed by atoms with Crippen LogP contribution in [0.5, 0.6) is 5.75 Å². The molecule has 35 heavy (non-hydrogen) atoms. The number of fused-ring (bicyclic) bond motifs is 1. The molecule has 10 heteroatoms. The fourth-order valence-electron chi connectivity index (χ4n) is 4.84. The zero-order valence-electron chi connectivity index (χ0n) is 20.6. The molecule has 2 fully saturated rings. The lowest BCUT2D eigenvalue weighted by molar-refractivity contribution is 0.0951. The van der Waals surface area contributed by atoms with Gasteiger partial charge in [0.1, 0.15) is 11.4 Å². The van der Waals surface area contributed by atoms with Crippen molar-refractivity contribution in [3.8, 4) is 5.75 Å². The highest BCUT2D eigenvalue weighted by atomic mass is 16.5. The number of hydrogen-bond donors (Lipinski definition) is 2. The van der Waals surface area contributed by atoms with Gasteiger partial charge in [-0.15, -0.1) is 0 Å². The molecule has 2 heterocycles. The maximum atomic E-state index is 13.0. The molecular formula is C25H33N7O3. The highest BCUT2D eigenvalue weighted by molar-refractivity contribution is 5.99. The van der Waals surface area contributed by atoms with Crippen LogP contribution in [0.25, 0.3) is 0 Å². The van der Waals surface area contributed by atoms with Crippen LogP contribution >= 0.6 is 0 Å². The number of nitrogens with zero attached hydrogens (tertiary/aromatic N) is 5. The van der Waals surface area contributed by atoms with Crippen molar-refractivity contribution in [2.24, 2.45) is 5.92 Å². The molecule has 1 aliphatic heterocycles. The molecule has 0 spiro atoms. The van der Waals surface area contributed by atoms with Crippen LogP contribution in [0.3, 0.4) is 0 Å². The number of hydrazine groups is 1. The summed E-state index contributed by atoms with van der Waals surface area (Å²) in [6, 6.07) is 5.45. The topological polar surface area (TPSA) is 103 Å². The number of hydrogen-bond acceptors (Lipinski definition) is 7. The van der Waals surface area contributed by atoms with E-state index in [4.69, 9.17) is 9.72 Å². The number of benzene rings is 1. The molecule has 2 aliphatic carbocycles. The lowest BCUT2D eigenvalue weighted by atomic mass is 10.1. The molecule has 2 aromatic rings. The summed E-state index contributed by atoms with van der Waals surface area (Å²) in [6.45, 7) is 3.25. The van der Waals surface area contributed by atoms with E-state index < -0.39 is 0 Å². The first-order valence-electron chi connectivity index (χ1n) is 12.4. The number of carbonyl (C=O) groups excluding carboxylic acids is 2. The molecule has 5 rings (SSSR count). The third-order valence-electron chi connectivity index (χ3n) is 7.02. The van der Waals surface area contributed by atoms with Crippen molar-refractivity contribution in [1.82, 2.24) is 20.3 Å². The summed E-state index contributed by atoms with van der Waals surface area (Å²) in [4.78, 5) is 36.4. The number of anilines is 4. The minimum Gasteiger partial charge on any atom is -0.495 e. The van der Waals surface area contributed by atoms with Gasteiger partial charge < -0.3 is 15.4 Å². The standard InChI is InChI=1S/C25H33N7O3/c1-4-31-25(34)30(2)20-15-27-24(29-22(20)32(31)18-7-5-6-8-18)28-19-12-11-17(13-21(19)35-3)23(33)26-14-16-9-10-16/h11-13,15-16,18H,4-10,14H2,1-3H3,(H,26,33)(H,27,28,29). The van der Waals surface area contributed by atoms with E-state index in [1.165, 1.54) is 12.8 Å². The highest BCUT2D eigenvalue weighted by Gasteiger charge is 2.39. The Morgan fingerprint density at radius 1 is 1.20 bits per heavy atom. The third kappa shape index (κ3) is 4.56. The quantitative estimate of drug-likeness (QED) is 0.591. The van der Waals surface area contributed by atoms with Crippen LogP contribution in [0, 0.1) is 5.92 Å². The maximum Gasteiger partial charge on any atom is 0.343 e. The van der Waals surface area contributed by atoms with Crippen molar-refractivity contribution in [3.63, 3.8) is 0 Å². The van der Waals surface area contributed by atoms with E-state index >= 15 is 0 Å². The fraction of sp³-hybridized carbons (Fsp3) is 0.520. The minimum absolute atomic E-state index is 0.0755. The molecule has 10 nitrogen and oxygen atoms in total. The van der Waals surface area contributed by atoms with Gasteiger partial charge in [0, 0.05) is 25.7 Å². The summed E-state index contributed by atoms with van der Waals surface area (Å²) in [5, 5.41) is 10.1. The van der Waals surface area contributed by atoms with Crippen molar-refractivity contribution < 1.29 is 14.3 Å². The van der Waals surface area contributed by atoms with Gasteiger partial charge in [-0.2, -0.15) is 4.98 Å². The SMILES string of the molecule is CCN1C(=O)N(C)c2cnc(Nc3ccc(C(=O)NCC4CC4)cc3OC)nc2N1C1CCCC1. The zero-order valence-corrected chi connectivity index (χ0v) is 20.6. The predicted molar refractivity (Wildman–Crippen MR) is 134 cm³/mol. The van der Waals surface area contributed by atoms with Crippen molar-refractivity contribution >= 4 is 35.1 Å². The Balaban J connectivity index is 1.42. The fourth-order valence-corrected chi connectivity index (χ4v) is 4.84. The normalized spacial score (nSPS) is 18.0. The number of urea groups is 1. The second kappa shape index (κ2) is 9.59. The van der Waals surface area contributed by atoms with Crippen LogP contribution in [0.1, 0.15) is 55.8 Å². The van der Waals surface area contributed by atoms with E-state index in [0.29, 0.717) is 53.5 Å². The zero-order chi connectivity index (χ0) is 24.5. The molecule has 3 aliphatic rings. The van der Waals surface area contributed by atoms with Crippen LogP contribution in [-0.2, 0) is 0 Å². The van der Waals surface area contributed by atoms with E-state index in [0.717, 1.165) is 25.7 Å². The molecule has 2 saturated carbocycles. The molecule has 2 N–H and O–H groups in total. The third-order valence-corrected chi connectivity index (χ3v) is 7.02. The summed E-state index contributed by atoms with van der Waals surface area (Å²) >= 11 is 0. The largest absolute Gasteiger partial charge is 0.495 e. The molecule has 0 saturated heterocycles. The van der Waals surface area contributed by atoms with E-state index in [1.54, 1.807) is 48.5 Å². The van der Waals surface area contributed by atoms with Gasteiger partial charge in [-0.1, -0.05) is 12.8 Å². The minimum atomic E-state index is -0.105. The Hall–Kier alpha value is -3.56. The average molecular weight is 480 g/mol. The number of ether oxygens (including phenoxy) is 1. The molecule has 0 radical (unpaired) electrons. The first-order chi connectivity index (χ1) is 17.0. The summed E-state index contributed by atoms with van der Waals surface area (Å²) in [5.41, 5.74) is 1.89. The van der Waals surface area contributed by atoms with Gasteiger partial charge in [0.05, 0.1) is 25.0 Å². The molecule has 3 amide bonds. The number of aromatic nitrogens is 2. The van der Waals surface area contributed by atoms with Gasteiger partial charge in [-0.05, 0) is 56.7 Å². The Labute approximate surface area is 205 Å². The van der Waals surface area contributed by atoms with Crippen molar-refractivity contribution in [3.05, 3.63) is 30.0 Å². The Bertz CT molecular complexity index is 1110. The lowest BCUT2D eigenvalue weighted by Crippen LogP contribution is -2.59. The maximum absolute atomic E-state index is 13.0. The van der Waals surface area contributed by atoms with Gasteiger partial charge in [0.2, 0.25) is 5.95 Å². The predicted octanol–water partition coefficient (Wildman–Crippen LogP) is 3.92. The highest BCUT2D eigenvalue weighted by Crippen LogP contribution is 2.39. The number of methoxy groups -OCH3 is 1. The van der Waals surface area contributed by atoms with Crippen LogP contribution in [0.2, 0.25) is 0 Å². The number of nitrogens with one attached hydrogen (secondary N) is 2. The van der Waals surface area contributed by atoms with E-state index in [1.807, 2.05) is 6.92 Å². The monoisotopic (exact) mass is 479 g/mol. The molecular weight excluding hydrogens is 446 g/mol. The van der Waals surface area contributed by atoms with Gasteiger partial charge in [0.25, 0.3) is 5.91 Å². The number of rotatable bonds is 8. The molecule has 186 valence electrons. The van der Waals surface area contributed by atoms with Crippen molar-refractivity contribution in [2.75, 3.05) is 42.5 Å². The van der Waals surface area contributed by atoms with Crippen LogP contribution < -0.4 is 25.3 Å². The Morgan fingerprint density at radius 3 is 2.66 bits per heavy atom. The number of carbonyl (C=O) groups is 2. The smallest absolute Gasteiger partial charge is 0.343 e. The first kappa shape index (κ1) is 23.2. The Morgan fingerprint density at radius 2 is 1.97 bits per heavy atom. The Kier molecular flexibility index (Phi) is 6.36. The second-order valence-electron chi connectivity index (χ2n) is 9.44. The van der Waals surface area contributed by atoms with Gasteiger partial charge >= 0.3 is 6.03 Å². The summed E-state index contributed by atoms with van der Waals surface area (Å²) in [5.74, 6) is 2.15. The first-order valence-corrected chi connectivity index (χ1v) is 12.4. The second-order valence-corrected chi connectivity index (χ2v) is 9.44. The van der Waals surface area contributed by atoms with E-state index in [2.05, 4.69) is 20.6 Å². The van der Waals surface area contributed by atoms with Gasteiger partial charge in [-0.25, -0.2) is 14.8 Å². The van der Waals surface area contributed by atoms with Gasteiger partial charge in [-0.3, -0.25) is 14.7 Å². The number of amides is 3. The summed E-state index contributed by atoms with van der Waals surface area (Å²) < 4.78 is 5.56. The summed E-state index contributed by atoms with van der Waals surface area (Å²) in [7, 11) is 3.32. The van der Waals surface area contributed by atoms with E-state index in [9.17, 15) is 9.59 Å². The van der Waals surface area contributed by atoms with E-state index in [-0.39, 0.29) is 18.0 Å². The molecule has 1 aromatic heterocycles. The molecule has 0 unspecified atom stereocenters. The lowest BCUT2D eigenvalue weighted by Gasteiger charge is -2.45.